The topological polar surface area (TPSA) is 70.7 Å². The van der Waals surface area contributed by atoms with Gasteiger partial charge < -0.3 is 20.3 Å². The quantitative estimate of drug-likeness (QED) is 0.242. The second-order valence-electron chi connectivity index (χ2n) is 9.88. The summed E-state index contributed by atoms with van der Waals surface area (Å²) in [5.41, 5.74) is 2.83. The minimum Gasteiger partial charge on any atom is -0.491 e. The first-order valence-electron chi connectivity index (χ1n) is 14.2. The van der Waals surface area contributed by atoms with E-state index in [1.54, 1.807) is 25.1 Å². The molecule has 0 aliphatic heterocycles. The Labute approximate surface area is 236 Å². The number of nitrogens with zero attached hydrogens (tertiary/aromatic N) is 1. The molecule has 3 rings (SSSR count). The van der Waals surface area contributed by atoms with E-state index < -0.39 is 0 Å². The van der Waals surface area contributed by atoms with Crippen molar-refractivity contribution >= 4 is 12.3 Å². The zero-order valence-corrected chi connectivity index (χ0v) is 25.3. The van der Waals surface area contributed by atoms with Crippen LogP contribution in [0, 0.1) is 12.7 Å². The average Bonchev–Trinajstić information content (AvgIpc) is 3.70. The number of amides is 2. The first-order chi connectivity index (χ1) is 18.7. The largest absolute Gasteiger partial charge is 0.491 e. The van der Waals surface area contributed by atoms with Crippen LogP contribution in [0.25, 0.3) is 0 Å². The molecule has 2 aromatic carbocycles. The van der Waals surface area contributed by atoms with Crippen LogP contribution in [0.2, 0.25) is 0 Å². The van der Waals surface area contributed by atoms with Crippen LogP contribution in [0.3, 0.4) is 0 Å². The van der Waals surface area contributed by atoms with Crippen LogP contribution in [-0.4, -0.2) is 56.5 Å². The van der Waals surface area contributed by atoms with Crippen LogP contribution in [-0.2, 0) is 16.0 Å². The molecule has 0 radical (unpaired) electrons. The summed E-state index contributed by atoms with van der Waals surface area (Å²) in [5, 5.41) is 5.73. The SMILES string of the molecule is CCCNC1(C)CC1.CCN(C)C(=O)CCCCOc1ccc(C)cc1F.CCc1ccccc1.CNC=O. The van der Waals surface area contributed by atoms with Gasteiger partial charge in [-0.2, -0.15) is 0 Å². The molecular weight excluding hydrogens is 493 g/mol. The molecule has 1 aliphatic carbocycles. The van der Waals surface area contributed by atoms with Crippen molar-refractivity contribution in [2.45, 2.75) is 85.1 Å². The molecule has 39 heavy (non-hydrogen) atoms. The molecule has 6 nitrogen and oxygen atoms in total. The normalized spacial score (nSPS) is 12.2. The fourth-order valence-electron chi connectivity index (χ4n) is 3.16. The van der Waals surface area contributed by atoms with E-state index in [1.807, 2.05) is 26.0 Å². The number of halogens is 1. The molecule has 1 saturated carbocycles. The number of carbonyl (C=O) groups excluding carboxylic acids is 2. The van der Waals surface area contributed by atoms with Crippen LogP contribution in [0.5, 0.6) is 5.75 Å². The average molecular weight is 546 g/mol. The molecule has 2 aromatic rings. The first kappa shape index (κ1) is 36.1. The van der Waals surface area contributed by atoms with Crippen molar-refractivity contribution in [1.29, 1.82) is 0 Å². The van der Waals surface area contributed by atoms with E-state index in [0.29, 0.717) is 25.0 Å². The lowest BCUT2D eigenvalue weighted by Gasteiger charge is -2.14. The number of nitrogens with one attached hydrogen (secondary N) is 2. The number of rotatable bonds is 12. The lowest BCUT2D eigenvalue weighted by atomic mass is 10.2. The molecule has 0 atom stereocenters. The number of hydrogen-bond donors (Lipinski definition) is 2. The summed E-state index contributed by atoms with van der Waals surface area (Å²) in [4.78, 5) is 22.3. The van der Waals surface area contributed by atoms with Crippen LogP contribution in [0.15, 0.2) is 48.5 Å². The summed E-state index contributed by atoms with van der Waals surface area (Å²) >= 11 is 0. The predicted octanol–water partition coefficient (Wildman–Crippen LogP) is 6.31. The Balaban J connectivity index is 0.000000590. The Morgan fingerprint density at radius 2 is 1.74 bits per heavy atom. The minimum absolute atomic E-state index is 0.143. The van der Waals surface area contributed by atoms with Crippen LogP contribution in [0.4, 0.5) is 4.39 Å². The zero-order chi connectivity index (χ0) is 29.5. The summed E-state index contributed by atoms with van der Waals surface area (Å²) in [6.07, 6.45) is 7.81. The molecule has 0 saturated heterocycles. The van der Waals surface area contributed by atoms with Gasteiger partial charge in [0.05, 0.1) is 6.61 Å². The highest BCUT2D eigenvalue weighted by molar-refractivity contribution is 5.75. The maximum atomic E-state index is 13.5. The molecule has 0 spiro atoms. The van der Waals surface area contributed by atoms with Gasteiger partial charge in [-0.3, -0.25) is 9.59 Å². The number of hydrogen-bond acceptors (Lipinski definition) is 4. The van der Waals surface area contributed by atoms with Gasteiger partial charge in [0.15, 0.2) is 11.6 Å². The van der Waals surface area contributed by atoms with Crippen molar-refractivity contribution in [2.75, 3.05) is 33.8 Å². The van der Waals surface area contributed by atoms with Crippen LogP contribution < -0.4 is 15.4 Å². The minimum atomic E-state index is -0.332. The highest BCUT2D eigenvalue weighted by atomic mass is 19.1. The van der Waals surface area contributed by atoms with Crippen molar-refractivity contribution < 1.29 is 18.7 Å². The fourth-order valence-corrected chi connectivity index (χ4v) is 3.16. The van der Waals surface area contributed by atoms with Gasteiger partial charge in [0.2, 0.25) is 12.3 Å². The number of carbonyl (C=O) groups is 2. The Bertz CT molecular complexity index is 905. The molecule has 0 heterocycles. The van der Waals surface area contributed by atoms with E-state index in [1.165, 1.54) is 37.4 Å². The Kier molecular flexibility index (Phi) is 20.3. The van der Waals surface area contributed by atoms with Gasteiger partial charge in [0.1, 0.15) is 0 Å². The second-order valence-corrected chi connectivity index (χ2v) is 9.88. The molecular formula is C32H52FN3O3. The van der Waals surface area contributed by atoms with E-state index in [0.717, 1.165) is 31.4 Å². The highest BCUT2D eigenvalue weighted by Crippen LogP contribution is 2.33. The third-order valence-electron chi connectivity index (χ3n) is 6.20. The summed E-state index contributed by atoms with van der Waals surface area (Å²) in [6.45, 7) is 12.8. The standard InChI is InChI=1S/C15H22FNO2.C8H10.C7H15N.C2H5NO/c1-4-17(3)15(18)7-5-6-10-19-14-9-8-12(2)11-13(14)16;1-2-8-6-4-3-5-7-8;1-3-6-8-7(2)4-5-7;1-3-2-4/h8-9,11H,4-7,10H2,1-3H3;3-7H,2H2,1H3;8H,3-6H2,1-2H3;2H,1H3,(H,3,4). The van der Waals surface area contributed by atoms with Gasteiger partial charge in [-0.25, -0.2) is 4.39 Å². The maximum absolute atomic E-state index is 13.5. The zero-order valence-electron chi connectivity index (χ0n) is 25.3. The molecule has 0 bridgehead atoms. The first-order valence-corrected chi connectivity index (χ1v) is 14.2. The number of aryl methyl sites for hydroxylation is 2. The van der Waals surface area contributed by atoms with E-state index in [2.05, 4.69) is 55.7 Å². The molecule has 220 valence electrons. The second kappa shape index (κ2) is 21.9. The molecule has 7 heteroatoms. The van der Waals surface area contributed by atoms with Gasteiger partial charge in [-0.05, 0) is 89.1 Å². The summed E-state index contributed by atoms with van der Waals surface area (Å²) in [5.74, 6) is 0.0911. The van der Waals surface area contributed by atoms with Crippen LogP contribution >= 0.6 is 0 Å². The van der Waals surface area contributed by atoms with E-state index in [-0.39, 0.29) is 17.5 Å². The van der Waals surface area contributed by atoms with E-state index in [4.69, 9.17) is 9.53 Å². The van der Waals surface area contributed by atoms with Gasteiger partial charge in [0.25, 0.3) is 0 Å². The smallest absolute Gasteiger partial charge is 0.222 e. The summed E-state index contributed by atoms with van der Waals surface area (Å²) in [6, 6.07) is 15.4. The lowest BCUT2D eigenvalue weighted by Crippen LogP contribution is -2.28. The van der Waals surface area contributed by atoms with Crippen LogP contribution in [0.1, 0.15) is 77.3 Å². The Morgan fingerprint density at radius 3 is 2.21 bits per heavy atom. The molecule has 1 fully saturated rings. The Morgan fingerprint density at radius 1 is 1.10 bits per heavy atom. The third kappa shape index (κ3) is 18.9. The lowest BCUT2D eigenvalue weighted by molar-refractivity contribution is -0.129. The monoisotopic (exact) mass is 545 g/mol. The molecule has 2 N–H and O–H groups in total. The highest BCUT2D eigenvalue weighted by Gasteiger charge is 2.35. The predicted molar refractivity (Wildman–Crippen MR) is 161 cm³/mol. The third-order valence-corrected chi connectivity index (χ3v) is 6.20. The van der Waals surface area contributed by atoms with Crippen molar-refractivity contribution in [3.63, 3.8) is 0 Å². The molecule has 0 unspecified atom stereocenters. The molecule has 1 aliphatic rings. The summed E-state index contributed by atoms with van der Waals surface area (Å²) in [7, 11) is 3.35. The maximum Gasteiger partial charge on any atom is 0.222 e. The van der Waals surface area contributed by atoms with Crippen molar-refractivity contribution in [3.05, 3.63) is 65.5 Å². The van der Waals surface area contributed by atoms with Gasteiger partial charge in [-0.1, -0.05) is 50.2 Å². The Hall–Kier alpha value is -2.93. The molecule has 2 amide bonds. The fraction of sp³-hybridized carbons (Fsp3) is 0.562. The number of ether oxygens (including phenoxy) is 1. The van der Waals surface area contributed by atoms with E-state index in [9.17, 15) is 9.18 Å². The molecule has 0 aromatic heterocycles. The van der Waals surface area contributed by atoms with Gasteiger partial charge >= 0.3 is 0 Å². The number of benzene rings is 2. The van der Waals surface area contributed by atoms with Crippen molar-refractivity contribution in [1.82, 2.24) is 15.5 Å². The number of unbranched alkanes of at least 4 members (excludes halogenated alkanes) is 1. The van der Waals surface area contributed by atoms with Gasteiger partial charge in [-0.15, -0.1) is 0 Å². The van der Waals surface area contributed by atoms with E-state index >= 15 is 0 Å². The van der Waals surface area contributed by atoms with Crippen molar-refractivity contribution in [3.8, 4) is 5.75 Å². The summed E-state index contributed by atoms with van der Waals surface area (Å²) < 4.78 is 18.8. The van der Waals surface area contributed by atoms with Gasteiger partial charge in [0, 0.05) is 32.6 Å². The van der Waals surface area contributed by atoms with Crippen molar-refractivity contribution in [2.24, 2.45) is 0 Å².